The van der Waals surface area contributed by atoms with Crippen molar-refractivity contribution >= 4 is 33.3 Å². The molecular weight excluding hydrogens is 445 g/mol. The van der Waals surface area contributed by atoms with E-state index in [1.165, 1.54) is 28.6 Å². The lowest BCUT2D eigenvalue weighted by Gasteiger charge is -2.33. The molecule has 3 rings (SSSR count). The molecule has 0 saturated carbocycles. The number of alkyl halides is 3. The van der Waals surface area contributed by atoms with Crippen LogP contribution in [0.15, 0.2) is 53.4 Å². The van der Waals surface area contributed by atoms with Crippen molar-refractivity contribution in [2.45, 2.75) is 11.1 Å². The summed E-state index contributed by atoms with van der Waals surface area (Å²) in [6, 6.07) is 9.25. The lowest BCUT2D eigenvalue weighted by atomic mass is 10.1. The van der Waals surface area contributed by atoms with E-state index in [0.717, 1.165) is 23.1 Å². The molecule has 0 spiro atoms. The number of piperazine rings is 1. The van der Waals surface area contributed by atoms with E-state index in [9.17, 15) is 31.2 Å². The number of carbonyl (C=O) groups excluding carboxylic acids is 2. The highest BCUT2D eigenvalue weighted by atomic mass is 35.5. The molecule has 0 bridgehead atoms. The van der Waals surface area contributed by atoms with Gasteiger partial charge in [-0.3, -0.25) is 9.59 Å². The van der Waals surface area contributed by atoms with E-state index < -0.39 is 33.5 Å². The summed E-state index contributed by atoms with van der Waals surface area (Å²) in [4.78, 5) is 26.0. The molecule has 11 heteroatoms. The Morgan fingerprint density at radius 1 is 0.933 bits per heavy atom. The van der Waals surface area contributed by atoms with Crippen LogP contribution in [0.3, 0.4) is 0 Å². The summed E-state index contributed by atoms with van der Waals surface area (Å²) < 4.78 is 65.0. The fourth-order valence-electron chi connectivity index (χ4n) is 2.99. The molecule has 1 fully saturated rings. The third-order valence-corrected chi connectivity index (χ3v) is 6.79. The minimum Gasteiger partial charge on any atom is -0.333 e. The number of ketones is 1. The van der Waals surface area contributed by atoms with Gasteiger partial charge in [0.1, 0.15) is 0 Å². The first-order valence-electron chi connectivity index (χ1n) is 8.77. The maximum atomic E-state index is 12.8. The average Bonchev–Trinajstić information content (AvgIpc) is 2.72. The van der Waals surface area contributed by atoms with Crippen LogP contribution in [0.2, 0.25) is 5.02 Å². The summed E-state index contributed by atoms with van der Waals surface area (Å²) in [5.74, 6) is -2.05. The number of halogens is 4. The molecule has 0 N–H and O–H groups in total. The molecule has 0 unspecified atom stereocenters. The van der Waals surface area contributed by atoms with E-state index >= 15 is 0 Å². The van der Waals surface area contributed by atoms with Crippen molar-refractivity contribution in [3.05, 3.63) is 64.7 Å². The number of nitrogens with zero attached hydrogens (tertiary/aromatic N) is 2. The molecule has 2 aromatic rings. The molecule has 30 heavy (non-hydrogen) atoms. The van der Waals surface area contributed by atoms with Gasteiger partial charge in [-0.15, -0.1) is 0 Å². The normalized spacial score (nSPS) is 15.8. The SMILES string of the molecule is O=C(C(=O)N1CCN(S(=O)(=O)c2ccc(Cl)cc2)CC1)c1cccc(C(F)(F)F)c1. The van der Waals surface area contributed by atoms with Gasteiger partial charge in [-0.2, -0.15) is 17.5 Å². The molecule has 1 heterocycles. The van der Waals surface area contributed by atoms with Gasteiger partial charge in [0.15, 0.2) is 0 Å². The molecule has 160 valence electrons. The highest BCUT2D eigenvalue weighted by Gasteiger charge is 2.34. The Balaban J connectivity index is 1.68. The topological polar surface area (TPSA) is 74.8 Å². The van der Waals surface area contributed by atoms with Gasteiger partial charge in [0.25, 0.3) is 5.91 Å². The number of amides is 1. The quantitative estimate of drug-likeness (QED) is 0.519. The standard InChI is InChI=1S/C19H16ClF3N2O4S/c20-15-4-6-16(7-5-15)30(28,29)25-10-8-24(9-11-25)18(27)17(26)13-2-1-3-14(12-13)19(21,22)23/h1-7,12H,8-11H2. The Morgan fingerprint density at radius 3 is 2.10 bits per heavy atom. The Labute approximate surface area is 175 Å². The van der Waals surface area contributed by atoms with Gasteiger partial charge in [-0.1, -0.05) is 23.7 Å². The van der Waals surface area contributed by atoms with Crippen molar-refractivity contribution in [1.29, 1.82) is 0 Å². The molecule has 1 amide bonds. The minimum atomic E-state index is -4.64. The second kappa shape index (κ2) is 8.37. The highest BCUT2D eigenvalue weighted by Crippen LogP contribution is 2.29. The zero-order valence-electron chi connectivity index (χ0n) is 15.4. The van der Waals surface area contributed by atoms with Crippen LogP contribution in [0, 0.1) is 0 Å². The Bertz CT molecular complexity index is 1060. The van der Waals surface area contributed by atoms with E-state index in [1.54, 1.807) is 0 Å². The number of Topliss-reactive ketones (excluding diaryl/α,β-unsaturated/α-hetero) is 1. The fraction of sp³-hybridized carbons (Fsp3) is 0.263. The summed E-state index contributed by atoms with van der Waals surface area (Å²) in [6.45, 7) is -0.216. The summed E-state index contributed by atoms with van der Waals surface area (Å²) in [7, 11) is -3.80. The first kappa shape index (κ1) is 22.3. The second-order valence-corrected chi connectivity index (χ2v) is 8.93. The van der Waals surface area contributed by atoms with Crippen LogP contribution in [0.25, 0.3) is 0 Å². The van der Waals surface area contributed by atoms with Crippen LogP contribution in [0.1, 0.15) is 15.9 Å². The molecule has 1 aliphatic heterocycles. The van der Waals surface area contributed by atoms with E-state index in [4.69, 9.17) is 11.6 Å². The third kappa shape index (κ3) is 4.66. The predicted molar refractivity (Wildman–Crippen MR) is 103 cm³/mol. The van der Waals surface area contributed by atoms with Crippen LogP contribution in [-0.2, 0) is 21.0 Å². The maximum absolute atomic E-state index is 12.8. The van der Waals surface area contributed by atoms with Gasteiger partial charge in [0.2, 0.25) is 15.8 Å². The van der Waals surface area contributed by atoms with Crippen molar-refractivity contribution in [3.63, 3.8) is 0 Å². The molecular formula is C19H16ClF3N2O4S. The van der Waals surface area contributed by atoms with Crippen molar-refractivity contribution < 1.29 is 31.2 Å². The monoisotopic (exact) mass is 460 g/mol. The number of sulfonamides is 1. The molecule has 0 aromatic heterocycles. The number of benzene rings is 2. The molecule has 0 aliphatic carbocycles. The largest absolute Gasteiger partial charge is 0.416 e. The number of hydrogen-bond donors (Lipinski definition) is 0. The Kier molecular flexibility index (Phi) is 6.21. The lowest BCUT2D eigenvalue weighted by Crippen LogP contribution is -2.52. The van der Waals surface area contributed by atoms with Gasteiger partial charge in [-0.05, 0) is 36.4 Å². The number of carbonyl (C=O) groups is 2. The average molecular weight is 461 g/mol. The predicted octanol–water partition coefficient (Wildman–Crippen LogP) is 3.07. The maximum Gasteiger partial charge on any atom is 0.416 e. The van der Waals surface area contributed by atoms with Crippen molar-refractivity contribution in [2.75, 3.05) is 26.2 Å². The van der Waals surface area contributed by atoms with E-state index in [-0.39, 0.29) is 36.6 Å². The van der Waals surface area contributed by atoms with Gasteiger partial charge in [0.05, 0.1) is 10.5 Å². The van der Waals surface area contributed by atoms with Crippen molar-refractivity contribution in [1.82, 2.24) is 9.21 Å². The fourth-order valence-corrected chi connectivity index (χ4v) is 4.54. The Hall–Kier alpha value is -2.43. The molecule has 1 saturated heterocycles. The van der Waals surface area contributed by atoms with Crippen molar-refractivity contribution in [2.24, 2.45) is 0 Å². The van der Waals surface area contributed by atoms with Gasteiger partial charge >= 0.3 is 6.18 Å². The summed E-state index contributed by atoms with van der Waals surface area (Å²) in [6.07, 6.45) is -4.64. The van der Waals surface area contributed by atoms with E-state index in [1.807, 2.05) is 0 Å². The molecule has 0 radical (unpaired) electrons. The van der Waals surface area contributed by atoms with Gasteiger partial charge < -0.3 is 4.90 Å². The first-order chi connectivity index (χ1) is 14.0. The zero-order chi connectivity index (χ0) is 22.1. The zero-order valence-corrected chi connectivity index (χ0v) is 17.0. The summed E-state index contributed by atoms with van der Waals surface area (Å²) in [5.41, 5.74) is -1.40. The highest BCUT2D eigenvalue weighted by molar-refractivity contribution is 7.89. The lowest BCUT2D eigenvalue weighted by molar-refractivity contribution is -0.137. The molecule has 1 aliphatic rings. The third-order valence-electron chi connectivity index (χ3n) is 4.62. The summed E-state index contributed by atoms with van der Waals surface area (Å²) in [5, 5.41) is 0.387. The van der Waals surface area contributed by atoms with Crippen LogP contribution in [-0.4, -0.2) is 55.5 Å². The minimum absolute atomic E-state index is 0.0479. The van der Waals surface area contributed by atoms with Crippen LogP contribution < -0.4 is 0 Å². The molecule has 6 nitrogen and oxygen atoms in total. The number of hydrogen-bond acceptors (Lipinski definition) is 4. The smallest absolute Gasteiger partial charge is 0.333 e. The summed E-state index contributed by atoms with van der Waals surface area (Å²) >= 11 is 5.77. The van der Waals surface area contributed by atoms with Crippen LogP contribution in [0.4, 0.5) is 13.2 Å². The number of rotatable bonds is 4. The van der Waals surface area contributed by atoms with Crippen LogP contribution >= 0.6 is 11.6 Å². The van der Waals surface area contributed by atoms with Gasteiger partial charge in [0, 0.05) is 36.8 Å². The molecule has 0 atom stereocenters. The molecule has 2 aromatic carbocycles. The second-order valence-electron chi connectivity index (χ2n) is 6.56. The van der Waals surface area contributed by atoms with Gasteiger partial charge in [-0.25, -0.2) is 8.42 Å². The van der Waals surface area contributed by atoms with E-state index in [2.05, 4.69) is 0 Å². The van der Waals surface area contributed by atoms with Crippen LogP contribution in [0.5, 0.6) is 0 Å². The first-order valence-corrected chi connectivity index (χ1v) is 10.6. The van der Waals surface area contributed by atoms with E-state index in [0.29, 0.717) is 11.1 Å². The Morgan fingerprint density at radius 2 is 1.53 bits per heavy atom. The van der Waals surface area contributed by atoms with Crippen molar-refractivity contribution in [3.8, 4) is 0 Å².